The predicted molar refractivity (Wildman–Crippen MR) is 68.8 cm³/mol. The van der Waals surface area contributed by atoms with Gasteiger partial charge in [0.25, 0.3) is 0 Å². The first kappa shape index (κ1) is 12.1. The van der Waals surface area contributed by atoms with Crippen molar-refractivity contribution in [2.45, 2.75) is 38.2 Å². The maximum atomic E-state index is 11.0. The van der Waals surface area contributed by atoms with Crippen molar-refractivity contribution in [3.05, 3.63) is 28.2 Å². The van der Waals surface area contributed by atoms with Gasteiger partial charge in [0.2, 0.25) is 0 Å². The molecule has 5 nitrogen and oxygen atoms in total. The highest BCUT2D eigenvalue weighted by atomic mass is 16.5. The Morgan fingerprint density at radius 2 is 2.21 bits per heavy atom. The first-order valence-electron chi connectivity index (χ1n) is 6.33. The monoisotopic (exact) mass is 261 g/mol. The maximum Gasteiger partial charge on any atom is 0.307 e. The highest BCUT2D eigenvalue weighted by Crippen LogP contribution is 2.52. The number of carboxylic acid groups (broad SMARTS) is 1. The SMILES string of the molecule is CC1(C)Cc2cc(N=O)c(C3CC3C(=O)O)cc2O1. The fourth-order valence-electron chi connectivity index (χ4n) is 2.84. The zero-order valence-corrected chi connectivity index (χ0v) is 10.8. The van der Waals surface area contributed by atoms with E-state index in [0.717, 1.165) is 17.7 Å². The Kier molecular flexibility index (Phi) is 2.42. The zero-order valence-electron chi connectivity index (χ0n) is 10.8. The summed E-state index contributed by atoms with van der Waals surface area (Å²) in [6.07, 6.45) is 1.30. The van der Waals surface area contributed by atoms with E-state index >= 15 is 0 Å². The van der Waals surface area contributed by atoms with Gasteiger partial charge in [0.1, 0.15) is 17.0 Å². The molecule has 1 aliphatic heterocycles. The quantitative estimate of drug-likeness (QED) is 0.848. The van der Waals surface area contributed by atoms with Crippen molar-refractivity contribution in [3.63, 3.8) is 0 Å². The van der Waals surface area contributed by atoms with Crippen molar-refractivity contribution in [1.82, 2.24) is 0 Å². The second-order valence-electron chi connectivity index (χ2n) is 5.94. The molecule has 2 unspecified atom stereocenters. The molecular formula is C14H15NO4. The minimum atomic E-state index is -0.816. The van der Waals surface area contributed by atoms with E-state index in [0.29, 0.717) is 17.7 Å². The number of fused-ring (bicyclic) bond motifs is 1. The molecule has 1 heterocycles. The van der Waals surface area contributed by atoms with Gasteiger partial charge in [0.05, 0.1) is 5.92 Å². The molecule has 1 saturated carbocycles. The Morgan fingerprint density at radius 1 is 1.47 bits per heavy atom. The number of aliphatic carboxylic acids is 1. The van der Waals surface area contributed by atoms with Crippen LogP contribution in [0.4, 0.5) is 5.69 Å². The van der Waals surface area contributed by atoms with Crippen LogP contribution in [0, 0.1) is 10.8 Å². The van der Waals surface area contributed by atoms with E-state index < -0.39 is 11.9 Å². The molecule has 100 valence electrons. The fraction of sp³-hybridized carbons (Fsp3) is 0.500. The minimum Gasteiger partial charge on any atom is -0.487 e. The van der Waals surface area contributed by atoms with Crippen LogP contribution < -0.4 is 4.74 Å². The summed E-state index contributed by atoms with van der Waals surface area (Å²) >= 11 is 0. The van der Waals surface area contributed by atoms with Crippen molar-refractivity contribution >= 4 is 11.7 Å². The number of hydrogen-bond acceptors (Lipinski definition) is 4. The van der Waals surface area contributed by atoms with Crippen LogP contribution in [0.2, 0.25) is 0 Å². The van der Waals surface area contributed by atoms with E-state index in [4.69, 9.17) is 9.84 Å². The van der Waals surface area contributed by atoms with Gasteiger partial charge in [-0.1, -0.05) is 0 Å². The molecule has 1 aliphatic carbocycles. The fourth-order valence-corrected chi connectivity index (χ4v) is 2.84. The van der Waals surface area contributed by atoms with Gasteiger partial charge in [-0.25, -0.2) is 0 Å². The molecule has 1 aromatic carbocycles. The zero-order chi connectivity index (χ0) is 13.8. The van der Waals surface area contributed by atoms with Crippen LogP contribution in [0.5, 0.6) is 5.75 Å². The molecule has 1 aromatic rings. The van der Waals surface area contributed by atoms with Crippen LogP contribution in [0.3, 0.4) is 0 Å². The highest BCUT2D eigenvalue weighted by molar-refractivity contribution is 5.76. The summed E-state index contributed by atoms with van der Waals surface area (Å²) in [6.45, 7) is 3.97. The van der Waals surface area contributed by atoms with Gasteiger partial charge in [-0.2, -0.15) is 0 Å². The van der Waals surface area contributed by atoms with E-state index in [9.17, 15) is 9.70 Å². The first-order valence-corrected chi connectivity index (χ1v) is 6.33. The van der Waals surface area contributed by atoms with E-state index in [-0.39, 0.29) is 11.5 Å². The van der Waals surface area contributed by atoms with Crippen LogP contribution in [0.15, 0.2) is 17.3 Å². The van der Waals surface area contributed by atoms with E-state index in [2.05, 4.69) is 5.18 Å². The molecule has 0 aromatic heterocycles. The smallest absolute Gasteiger partial charge is 0.307 e. The third-order valence-corrected chi connectivity index (χ3v) is 3.82. The topological polar surface area (TPSA) is 76.0 Å². The number of hydrogen-bond donors (Lipinski definition) is 1. The molecule has 3 rings (SSSR count). The molecule has 19 heavy (non-hydrogen) atoms. The molecule has 2 atom stereocenters. The number of nitrogens with zero attached hydrogens (tertiary/aromatic N) is 1. The molecule has 1 fully saturated rings. The molecule has 2 aliphatic rings. The Morgan fingerprint density at radius 3 is 2.79 bits per heavy atom. The van der Waals surface area contributed by atoms with Gasteiger partial charge < -0.3 is 9.84 Å². The molecule has 0 spiro atoms. The van der Waals surface area contributed by atoms with E-state index in [1.54, 1.807) is 12.1 Å². The summed E-state index contributed by atoms with van der Waals surface area (Å²) in [4.78, 5) is 21.9. The van der Waals surface area contributed by atoms with Crippen molar-refractivity contribution < 1.29 is 14.6 Å². The van der Waals surface area contributed by atoms with Gasteiger partial charge in [0.15, 0.2) is 0 Å². The average Bonchev–Trinajstić information content (AvgIpc) is 3.04. The summed E-state index contributed by atoms with van der Waals surface area (Å²) in [7, 11) is 0. The van der Waals surface area contributed by atoms with Crippen LogP contribution >= 0.6 is 0 Å². The summed E-state index contributed by atoms with van der Waals surface area (Å²) < 4.78 is 5.82. The van der Waals surface area contributed by atoms with Gasteiger partial charge in [-0.15, -0.1) is 4.91 Å². The van der Waals surface area contributed by atoms with Crippen molar-refractivity contribution in [2.24, 2.45) is 11.1 Å². The largest absolute Gasteiger partial charge is 0.487 e. The average molecular weight is 261 g/mol. The Balaban J connectivity index is 1.99. The second kappa shape index (κ2) is 3.79. The van der Waals surface area contributed by atoms with Gasteiger partial charge in [-0.05, 0) is 43.1 Å². The predicted octanol–water partition coefficient (Wildman–Crippen LogP) is 2.99. The summed E-state index contributed by atoms with van der Waals surface area (Å²) in [5.41, 5.74) is 1.75. The molecular weight excluding hydrogens is 246 g/mol. The van der Waals surface area contributed by atoms with Gasteiger partial charge in [-0.3, -0.25) is 4.79 Å². The van der Waals surface area contributed by atoms with Gasteiger partial charge >= 0.3 is 5.97 Å². The third-order valence-electron chi connectivity index (χ3n) is 3.82. The summed E-state index contributed by atoms with van der Waals surface area (Å²) in [5.74, 6) is -0.567. The third kappa shape index (κ3) is 1.99. The van der Waals surface area contributed by atoms with E-state index in [1.807, 2.05) is 13.8 Å². The normalized spacial score (nSPS) is 26.4. The first-order chi connectivity index (χ1) is 8.91. The molecule has 0 saturated heterocycles. The lowest BCUT2D eigenvalue weighted by Crippen LogP contribution is -2.24. The lowest BCUT2D eigenvalue weighted by molar-refractivity contribution is -0.138. The molecule has 5 heteroatoms. The number of carboxylic acids is 1. The Hall–Kier alpha value is -1.91. The van der Waals surface area contributed by atoms with Crippen molar-refractivity contribution in [1.29, 1.82) is 0 Å². The maximum absolute atomic E-state index is 11.0. The molecule has 0 amide bonds. The Labute approximate surface area is 110 Å². The van der Waals surface area contributed by atoms with Gasteiger partial charge in [0, 0.05) is 17.9 Å². The van der Waals surface area contributed by atoms with Crippen molar-refractivity contribution in [3.8, 4) is 5.75 Å². The summed E-state index contributed by atoms with van der Waals surface area (Å²) in [5, 5.41) is 12.0. The summed E-state index contributed by atoms with van der Waals surface area (Å²) in [6, 6.07) is 3.54. The number of rotatable bonds is 3. The minimum absolute atomic E-state index is 0.109. The standard InChI is InChI=1S/C14H15NO4/c1-14(2)6-7-3-11(15-18)9(5-12(7)19-14)8-4-10(8)13(16)17/h3,5,8,10H,4,6H2,1-2H3,(H,16,17). The van der Waals surface area contributed by atoms with Crippen molar-refractivity contribution in [2.75, 3.05) is 0 Å². The van der Waals surface area contributed by atoms with Crippen LogP contribution in [-0.2, 0) is 11.2 Å². The second-order valence-corrected chi connectivity index (χ2v) is 5.94. The molecule has 1 N–H and O–H groups in total. The van der Waals surface area contributed by atoms with E-state index in [1.165, 1.54) is 0 Å². The van der Waals surface area contributed by atoms with Crippen LogP contribution in [0.1, 0.15) is 37.3 Å². The number of carbonyl (C=O) groups is 1. The lowest BCUT2D eigenvalue weighted by atomic mass is 9.98. The van der Waals surface area contributed by atoms with Crippen LogP contribution in [-0.4, -0.2) is 16.7 Å². The number of nitroso groups, excluding NO2 is 1. The number of ether oxygens (including phenoxy) is 1. The molecule has 0 bridgehead atoms. The Bertz CT molecular complexity index is 579. The highest BCUT2D eigenvalue weighted by Gasteiger charge is 2.46. The lowest BCUT2D eigenvalue weighted by Gasteiger charge is -2.16. The molecule has 0 radical (unpaired) electrons. The van der Waals surface area contributed by atoms with Crippen LogP contribution in [0.25, 0.3) is 0 Å². The number of benzene rings is 1.